The topological polar surface area (TPSA) is 68.3 Å². The smallest absolute Gasteiger partial charge is 0.123 e. The molecule has 0 aliphatic rings. The van der Waals surface area contributed by atoms with E-state index in [0.717, 1.165) is 25.1 Å². The van der Waals surface area contributed by atoms with Crippen molar-refractivity contribution in [2.24, 2.45) is 23.7 Å². The van der Waals surface area contributed by atoms with Crippen LogP contribution in [0.5, 0.6) is 0 Å². The van der Waals surface area contributed by atoms with Crippen molar-refractivity contribution in [3.05, 3.63) is 0 Å². The predicted molar refractivity (Wildman–Crippen MR) is 63.4 cm³/mol. The molecule has 0 N–H and O–H groups in total. The zero-order valence-electron chi connectivity index (χ0n) is 10.4. The fourth-order valence-electron chi connectivity index (χ4n) is 1.87. The molecule has 0 saturated carbocycles. The van der Waals surface area contributed by atoms with Gasteiger partial charge in [0, 0.05) is 23.7 Å². The van der Waals surface area contributed by atoms with Gasteiger partial charge in [0.25, 0.3) is 0 Å². The second-order valence-electron chi connectivity index (χ2n) is 4.73. The summed E-state index contributed by atoms with van der Waals surface area (Å²) < 4.78 is 0. The Labute approximate surface area is 102 Å². The largest absolute Gasteiger partial charge is 0.303 e. The Morgan fingerprint density at radius 1 is 0.647 bits per heavy atom. The number of hydrogen-bond donors (Lipinski definition) is 0. The Morgan fingerprint density at radius 3 is 1.24 bits per heavy atom. The zero-order chi connectivity index (χ0) is 13.3. The minimum atomic E-state index is -0.288. The van der Waals surface area contributed by atoms with Crippen LogP contribution in [0.3, 0.4) is 0 Å². The lowest BCUT2D eigenvalue weighted by atomic mass is 9.85. The molecular weight excluding hydrogens is 220 g/mol. The van der Waals surface area contributed by atoms with Crippen LogP contribution in [0.25, 0.3) is 0 Å². The highest BCUT2D eigenvalue weighted by atomic mass is 16.1. The first-order chi connectivity index (χ1) is 8.07. The van der Waals surface area contributed by atoms with E-state index in [4.69, 9.17) is 0 Å². The number of hydrogen-bond acceptors (Lipinski definition) is 4. The van der Waals surface area contributed by atoms with Crippen molar-refractivity contribution in [3.8, 4) is 0 Å². The van der Waals surface area contributed by atoms with Crippen molar-refractivity contribution >= 4 is 25.1 Å². The Morgan fingerprint density at radius 2 is 1.00 bits per heavy atom. The van der Waals surface area contributed by atoms with Crippen molar-refractivity contribution in [2.75, 3.05) is 0 Å². The van der Waals surface area contributed by atoms with Crippen molar-refractivity contribution in [1.82, 2.24) is 0 Å². The first-order valence-corrected chi connectivity index (χ1v) is 5.88. The Kier molecular flexibility index (Phi) is 8.11. The number of carbonyl (C=O) groups excluding carboxylic acids is 4. The van der Waals surface area contributed by atoms with Crippen molar-refractivity contribution in [2.45, 2.75) is 33.1 Å². The van der Waals surface area contributed by atoms with Crippen LogP contribution in [0, 0.1) is 23.7 Å². The first-order valence-electron chi connectivity index (χ1n) is 5.88. The van der Waals surface area contributed by atoms with Gasteiger partial charge in [-0.15, -0.1) is 0 Å². The predicted octanol–water partition coefficient (Wildman–Crippen LogP) is 1.46. The number of carbonyl (C=O) groups is 4. The SMILES string of the molecule is CC(C=O)CC(C=O)CC(C=O)CC(C)C=O. The summed E-state index contributed by atoms with van der Waals surface area (Å²) in [6.07, 6.45) is 4.55. The third kappa shape index (κ3) is 6.76. The van der Waals surface area contributed by atoms with E-state index < -0.39 is 0 Å². The first kappa shape index (κ1) is 15.7. The summed E-state index contributed by atoms with van der Waals surface area (Å²) in [4.78, 5) is 42.7. The second kappa shape index (κ2) is 8.79. The van der Waals surface area contributed by atoms with Crippen LogP contribution < -0.4 is 0 Å². The molecule has 4 atom stereocenters. The molecule has 0 bridgehead atoms. The molecule has 4 nitrogen and oxygen atoms in total. The molecule has 0 aliphatic carbocycles. The summed E-state index contributed by atoms with van der Waals surface area (Å²) in [6, 6.07) is 0. The highest BCUT2D eigenvalue weighted by Crippen LogP contribution is 2.21. The number of rotatable bonds is 10. The van der Waals surface area contributed by atoms with Crippen LogP contribution in [0.15, 0.2) is 0 Å². The Hall–Kier alpha value is -1.32. The molecule has 4 heteroatoms. The van der Waals surface area contributed by atoms with Gasteiger partial charge >= 0.3 is 0 Å². The minimum absolute atomic E-state index is 0.180. The molecule has 0 saturated heterocycles. The van der Waals surface area contributed by atoms with Crippen molar-refractivity contribution in [1.29, 1.82) is 0 Å². The van der Waals surface area contributed by atoms with E-state index in [0.29, 0.717) is 19.3 Å². The van der Waals surface area contributed by atoms with E-state index in [1.165, 1.54) is 0 Å². The lowest BCUT2D eigenvalue weighted by molar-refractivity contribution is -0.115. The van der Waals surface area contributed by atoms with Gasteiger partial charge in [-0.05, 0) is 19.3 Å². The molecule has 0 amide bonds. The molecular formula is C13H20O4. The third-order valence-electron chi connectivity index (χ3n) is 2.80. The van der Waals surface area contributed by atoms with Gasteiger partial charge < -0.3 is 19.2 Å². The van der Waals surface area contributed by atoms with Gasteiger partial charge in [-0.2, -0.15) is 0 Å². The average Bonchev–Trinajstić information content (AvgIpc) is 2.36. The maximum absolute atomic E-state index is 10.9. The zero-order valence-corrected chi connectivity index (χ0v) is 10.4. The van der Waals surface area contributed by atoms with E-state index in [9.17, 15) is 19.2 Å². The van der Waals surface area contributed by atoms with E-state index in [-0.39, 0.29) is 23.7 Å². The van der Waals surface area contributed by atoms with Gasteiger partial charge in [0.15, 0.2) is 0 Å². The summed E-state index contributed by atoms with van der Waals surface area (Å²) in [6.45, 7) is 3.49. The molecule has 4 unspecified atom stereocenters. The van der Waals surface area contributed by atoms with E-state index in [2.05, 4.69) is 0 Å². The van der Waals surface area contributed by atoms with Crippen molar-refractivity contribution in [3.63, 3.8) is 0 Å². The van der Waals surface area contributed by atoms with Gasteiger partial charge in [-0.25, -0.2) is 0 Å². The van der Waals surface area contributed by atoms with Crippen LogP contribution in [0.1, 0.15) is 33.1 Å². The minimum Gasteiger partial charge on any atom is -0.303 e. The second-order valence-corrected chi connectivity index (χ2v) is 4.73. The van der Waals surface area contributed by atoms with E-state index in [1.807, 2.05) is 0 Å². The summed E-state index contributed by atoms with van der Waals surface area (Å²) in [5.41, 5.74) is 0. The van der Waals surface area contributed by atoms with Crippen LogP contribution in [-0.2, 0) is 19.2 Å². The van der Waals surface area contributed by atoms with Crippen LogP contribution >= 0.6 is 0 Å². The fourth-order valence-corrected chi connectivity index (χ4v) is 1.87. The maximum atomic E-state index is 10.9. The fraction of sp³-hybridized carbons (Fsp3) is 0.692. The molecule has 0 radical (unpaired) electrons. The standard InChI is InChI=1S/C13H20O4/c1-10(6-14)3-12(8-16)5-13(9-17)4-11(2)7-15/h6-13H,3-5H2,1-2H3. The van der Waals surface area contributed by atoms with Crippen LogP contribution in [0.4, 0.5) is 0 Å². The third-order valence-corrected chi connectivity index (χ3v) is 2.80. The van der Waals surface area contributed by atoms with Gasteiger partial charge in [0.05, 0.1) is 0 Å². The Bertz CT molecular complexity index is 236. The van der Waals surface area contributed by atoms with E-state index in [1.54, 1.807) is 13.8 Å². The summed E-state index contributed by atoms with van der Waals surface area (Å²) >= 11 is 0. The molecule has 0 aromatic carbocycles. The van der Waals surface area contributed by atoms with Crippen LogP contribution in [0.2, 0.25) is 0 Å². The highest BCUT2D eigenvalue weighted by Gasteiger charge is 2.19. The van der Waals surface area contributed by atoms with Crippen molar-refractivity contribution < 1.29 is 19.2 Å². The molecule has 0 aromatic heterocycles. The lowest BCUT2D eigenvalue weighted by Gasteiger charge is -2.17. The van der Waals surface area contributed by atoms with Gasteiger partial charge in [-0.3, -0.25) is 0 Å². The van der Waals surface area contributed by atoms with Gasteiger partial charge in [0.2, 0.25) is 0 Å². The molecule has 17 heavy (non-hydrogen) atoms. The molecule has 0 aliphatic heterocycles. The lowest BCUT2D eigenvalue weighted by Crippen LogP contribution is -2.17. The summed E-state index contributed by atoms with van der Waals surface area (Å²) in [5, 5.41) is 0. The highest BCUT2D eigenvalue weighted by molar-refractivity contribution is 5.61. The number of aldehydes is 4. The molecule has 0 heterocycles. The van der Waals surface area contributed by atoms with E-state index >= 15 is 0 Å². The monoisotopic (exact) mass is 240 g/mol. The molecule has 0 fully saturated rings. The van der Waals surface area contributed by atoms with Gasteiger partial charge in [-0.1, -0.05) is 13.8 Å². The molecule has 0 rings (SSSR count). The quantitative estimate of drug-likeness (QED) is 0.542. The van der Waals surface area contributed by atoms with Crippen LogP contribution in [-0.4, -0.2) is 25.1 Å². The normalized spacial score (nSPS) is 17.5. The summed E-state index contributed by atoms with van der Waals surface area (Å²) in [5.74, 6) is -0.935. The molecule has 96 valence electrons. The maximum Gasteiger partial charge on any atom is 0.123 e. The average molecular weight is 240 g/mol. The van der Waals surface area contributed by atoms with Gasteiger partial charge in [0.1, 0.15) is 25.1 Å². The molecule has 0 spiro atoms. The summed E-state index contributed by atoms with van der Waals surface area (Å²) in [7, 11) is 0. The molecule has 0 aromatic rings. The Balaban J connectivity index is 4.30.